The summed E-state index contributed by atoms with van der Waals surface area (Å²) in [7, 11) is 0. The number of aliphatic carboxylic acids is 1. The quantitative estimate of drug-likeness (QED) is 0.627. The van der Waals surface area contributed by atoms with Crippen LogP contribution in [0.4, 0.5) is 0 Å². The van der Waals surface area contributed by atoms with Gasteiger partial charge in [0.2, 0.25) is 0 Å². The third-order valence-electron chi connectivity index (χ3n) is 2.36. The molecular weight excluding hydrogens is 182 g/mol. The molecule has 0 aromatic heterocycles. The minimum atomic E-state index is -0.851. The van der Waals surface area contributed by atoms with E-state index >= 15 is 0 Å². The van der Waals surface area contributed by atoms with E-state index in [-0.39, 0.29) is 12.5 Å². The smallest absolute Gasteiger partial charge is 0.321 e. The summed E-state index contributed by atoms with van der Waals surface area (Å²) >= 11 is 0. The summed E-state index contributed by atoms with van der Waals surface area (Å²) in [6.45, 7) is 1.53. The van der Waals surface area contributed by atoms with E-state index in [9.17, 15) is 4.79 Å². The molecule has 0 spiro atoms. The van der Waals surface area contributed by atoms with Crippen molar-refractivity contribution in [3.8, 4) is 12.3 Å². The zero-order valence-electron chi connectivity index (χ0n) is 8.03. The van der Waals surface area contributed by atoms with E-state index in [0.29, 0.717) is 6.61 Å². The van der Waals surface area contributed by atoms with Gasteiger partial charge in [-0.05, 0) is 12.8 Å². The summed E-state index contributed by atoms with van der Waals surface area (Å²) in [5.74, 6) is 1.56. The van der Waals surface area contributed by atoms with Gasteiger partial charge in [0, 0.05) is 12.5 Å². The average molecular weight is 197 g/mol. The molecule has 4 nitrogen and oxygen atoms in total. The minimum absolute atomic E-state index is 0.0367. The van der Waals surface area contributed by atoms with Crippen molar-refractivity contribution in [2.45, 2.75) is 18.9 Å². The van der Waals surface area contributed by atoms with Crippen LogP contribution >= 0.6 is 0 Å². The van der Waals surface area contributed by atoms with Crippen LogP contribution in [0, 0.1) is 18.3 Å². The molecule has 2 N–H and O–H groups in total. The van der Waals surface area contributed by atoms with Crippen LogP contribution in [-0.2, 0) is 9.53 Å². The highest BCUT2D eigenvalue weighted by Crippen LogP contribution is 2.17. The maximum absolute atomic E-state index is 10.9. The van der Waals surface area contributed by atoms with Crippen LogP contribution in [0.25, 0.3) is 0 Å². The Morgan fingerprint density at radius 2 is 2.57 bits per heavy atom. The van der Waals surface area contributed by atoms with Crippen molar-refractivity contribution in [2.24, 2.45) is 5.92 Å². The molecule has 1 fully saturated rings. The number of carbonyl (C=O) groups is 1. The van der Waals surface area contributed by atoms with Crippen molar-refractivity contribution in [3.05, 3.63) is 0 Å². The van der Waals surface area contributed by atoms with Crippen molar-refractivity contribution in [1.29, 1.82) is 0 Å². The molecule has 1 aliphatic rings. The van der Waals surface area contributed by atoms with Crippen LogP contribution in [0.2, 0.25) is 0 Å². The van der Waals surface area contributed by atoms with E-state index in [2.05, 4.69) is 11.2 Å². The van der Waals surface area contributed by atoms with E-state index in [0.717, 1.165) is 19.4 Å². The Morgan fingerprint density at radius 3 is 3.07 bits per heavy atom. The Hall–Kier alpha value is -1.05. The van der Waals surface area contributed by atoms with Gasteiger partial charge in [-0.2, -0.15) is 0 Å². The highest BCUT2D eigenvalue weighted by molar-refractivity contribution is 5.74. The van der Waals surface area contributed by atoms with Gasteiger partial charge in [0.05, 0.1) is 13.2 Å². The van der Waals surface area contributed by atoms with Gasteiger partial charge in [0.1, 0.15) is 6.04 Å². The lowest BCUT2D eigenvalue weighted by atomic mass is 9.94. The predicted molar refractivity (Wildman–Crippen MR) is 51.8 cm³/mol. The molecule has 0 aromatic rings. The molecule has 78 valence electrons. The molecule has 0 aliphatic carbocycles. The first-order chi connectivity index (χ1) is 6.75. The number of rotatable bonds is 4. The van der Waals surface area contributed by atoms with Gasteiger partial charge >= 0.3 is 5.97 Å². The second-order valence-corrected chi connectivity index (χ2v) is 3.38. The number of ether oxygens (including phenoxy) is 1. The fourth-order valence-electron chi connectivity index (χ4n) is 1.65. The van der Waals surface area contributed by atoms with Gasteiger partial charge in [-0.3, -0.25) is 10.1 Å². The molecule has 0 radical (unpaired) electrons. The molecule has 2 atom stereocenters. The van der Waals surface area contributed by atoms with E-state index in [1.54, 1.807) is 0 Å². The first-order valence-corrected chi connectivity index (χ1v) is 4.73. The highest BCUT2D eigenvalue weighted by atomic mass is 16.5. The lowest BCUT2D eigenvalue weighted by Gasteiger charge is -2.27. The Labute approximate surface area is 83.6 Å². The molecular formula is C10H15NO3. The largest absolute Gasteiger partial charge is 0.480 e. The second-order valence-electron chi connectivity index (χ2n) is 3.38. The van der Waals surface area contributed by atoms with Gasteiger partial charge in [-0.15, -0.1) is 6.42 Å². The van der Waals surface area contributed by atoms with Crippen molar-refractivity contribution >= 4 is 5.97 Å². The molecule has 1 rings (SSSR count). The second kappa shape index (κ2) is 5.63. The van der Waals surface area contributed by atoms with Gasteiger partial charge in [0.25, 0.3) is 0 Å². The van der Waals surface area contributed by atoms with E-state index in [4.69, 9.17) is 16.3 Å². The molecule has 1 saturated heterocycles. The maximum Gasteiger partial charge on any atom is 0.321 e. The number of carboxylic acids is 1. The third kappa shape index (κ3) is 3.02. The van der Waals surface area contributed by atoms with Crippen molar-refractivity contribution in [1.82, 2.24) is 5.32 Å². The van der Waals surface area contributed by atoms with Crippen molar-refractivity contribution < 1.29 is 14.6 Å². The van der Waals surface area contributed by atoms with E-state index in [1.807, 2.05) is 0 Å². The SMILES string of the molecule is C#CCNC(C(=O)O)C1CCCOC1. The van der Waals surface area contributed by atoms with Crippen LogP contribution < -0.4 is 5.32 Å². The highest BCUT2D eigenvalue weighted by Gasteiger charge is 2.28. The monoisotopic (exact) mass is 197 g/mol. The van der Waals surface area contributed by atoms with Crippen molar-refractivity contribution in [3.63, 3.8) is 0 Å². The molecule has 4 heteroatoms. The fourth-order valence-corrected chi connectivity index (χ4v) is 1.65. The average Bonchev–Trinajstić information content (AvgIpc) is 2.19. The zero-order chi connectivity index (χ0) is 10.4. The van der Waals surface area contributed by atoms with Crippen molar-refractivity contribution in [2.75, 3.05) is 19.8 Å². The van der Waals surface area contributed by atoms with Crippen LogP contribution in [0.5, 0.6) is 0 Å². The first kappa shape index (κ1) is 11.0. The van der Waals surface area contributed by atoms with E-state index in [1.165, 1.54) is 0 Å². The Bertz CT molecular complexity index is 228. The number of hydrogen-bond acceptors (Lipinski definition) is 3. The first-order valence-electron chi connectivity index (χ1n) is 4.73. The van der Waals surface area contributed by atoms with Gasteiger partial charge in [-0.25, -0.2) is 0 Å². The third-order valence-corrected chi connectivity index (χ3v) is 2.36. The standard InChI is InChI=1S/C10H15NO3/c1-2-5-11-9(10(12)13)8-4-3-6-14-7-8/h1,8-9,11H,3-7H2,(H,12,13). The van der Waals surface area contributed by atoms with Gasteiger partial charge in [-0.1, -0.05) is 5.92 Å². The molecule has 2 unspecified atom stereocenters. The van der Waals surface area contributed by atoms with Crippen LogP contribution in [0.3, 0.4) is 0 Å². The van der Waals surface area contributed by atoms with Gasteiger partial charge in [0.15, 0.2) is 0 Å². The van der Waals surface area contributed by atoms with Crippen LogP contribution in [-0.4, -0.2) is 36.9 Å². The summed E-state index contributed by atoms with van der Waals surface area (Å²) < 4.78 is 5.24. The lowest BCUT2D eigenvalue weighted by Crippen LogP contribution is -2.46. The summed E-state index contributed by atoms with van der Waals surface area (Å²) in [5.41, 5.74) is 0. The normalized spacial score (nSPS) is 23.8. The fraction of sp³-hybridized carbons (Fsp3) is 0.700. The molecule has 0 amide bonds. The summed E-state index contributed by atoms with van der Waals surface area (Å²) in [6, 6.07) is -0.577. The zero-order valence-corrected chi connectivity index (χ0v) is 8.03. The van der Waals surface area contributed by atoms with Gasteiger partial charge < -0.3 is 9.84 Å². The van der Waals surface area contributed by atoms with Crippen LogP contribution in [0.1, 0.15) is 12.8 Å². The Kier molecular flexibility index (Phi) is 4.44. The Balaban J connectivity index is 2.48. The topological polar surface area (TPSA) is 58.6 Å². The molecule has 14 heavy (non-hydrogen) atoms. The maximum atomic E-state index is 10.9. The molecule has 1 heterocycles. The predicted octanol–water partition coefficient (Wildman–Crippen LogP) is 0.0890. The number of nitrogens with one attached hydrogen (secondary N) is 1. The summed E-state index contributed by atoms with van der Waals surface area (Å²) in [5, 5.41) is 11.8. The number of terminal acetylenes is 1. The van der Waals surface area contributed by atoms with E-state index < -0.39 is 12.0 Å². The molecule has 0 aromatic carbocycles. The Morgan fingerprint density at radius 1 is 1.79 bits per heavy atom. The minimum Gasteiger partial charge on any atom is -0.480 e. The lowest BCUT2D eigenvalue weighted by molar-refractivity contribution is -0.142. The molecule has 0 bridgehead atoms. The molecule has 1 aliphatic heterocycles. The summed E-state index contributed by atoms with van der Waals surface area (Å²) in [6.07, 6.45) is 6.88. The number of carboxylic acid groups (broad SMARTS) is 1. The molecule has 0 saturated carbocycles. The summed E-state index contributed by atoms with van der Waals surface area (Å²) in [4.78, 5) is 10.9. The number of hydrogen-bond donors (Lipinski definition) is 2. The van der Waals surface area contributed by atoms with Crippen LogP contribution in [0.15, 0.2) is 0 Å².